The number of rotatable bonds is 18. The molecule has 0 aromatic rings. The zero-order valence-corrected chi connectivity index (χ0v) is 17.2. The summed E-state index contributed by atoms with van der Waals surface area (Å²) in [4.78, 5) is 36.1. The van der Waals surface area contributed by atoms with E-state index in [1.165, 1.54) is 0 Å². The molecule has 0 aromatic heterocycles. The minimum absolute atomic E-state index is 0.199. The maximum atomic E-state index is 12.5. The SMILES string of the molecule is CCCCCCCC(=O)P(NC(CO)C(=O)O)C(=O)CCCCCCC. The van der Waals surface area contributed by atoms with E-state index in [1.54, 1.807) is 0 Å². The Morgan fingerprint density at radius 2 is 1.23 bits per heavy atom. The summed E-state index contributed by atoms with van der Waals surface area (Å²) >= 11 is 0. The number of aliphatic hydroxyl groups is 1. The Kier molecular flexibility index (Phi) is 15.8. The van der Waals surface area contributed by atoms with Crippen LogP contribution < -0.4 is 5.09 Å². The van der Waals surface area contributed by atoms with E-state index in [4.69, 9.17) is 5.11 Å². The summed E-state index contributed by atoms with van der Waals surface area (Å²) in [5, 5.41) is 20.9. The summed E-state index contributed by atoms with van der Waals surface area (Å²) in [7, 11) is -1.88. The molecule has 7 heteroatoms. The number of aliphatic hydroxyl groups excluding tert-OH is 1. The standard InChI is InChI=1S/C19H36NO5P/c1-3-5-7-9-11-13-17(22)26(20-16(15-21)19(24)25)18(23)14-12-10-8-6-4-2/h16,20-21H,3-15H2,1-2H3,(H,24,25). The van der Waals surface area contributed by atoms with Gasteiger partial charge in [-0.25, -0.2) is 0 Å². The molecular formula is C19H36NO5P. The van der Waals surface area contributed by atoms with Crippen LogP contribution in [0.5, 0.6) is 0 Å². The van der Waals surface area contributed by atoms with Crippen molar-refractivity contribution in [2.45, 2.75) is 96.9 Å². The Bertz CT molecular complexity index is 391. The van der Waals surface area contributed by atoms with Crippen LogP contribution in [0.2, 0.25) is 0 Å². The quantitative estimate of drug-likeness (QED) is 0.240. The molecule has 0 spiro atoms. The van der Waals surface area contributed by atoms with Gasteiger partial charge in [0.1, 0.15) is 14.1 Å². The summed E-state index contributed by atoms with van der Waals surface area (Å²) in [6, 6.07) is -1.27. The highest BCUT2D eigenvalue weighted by Crippen LogP contribution is 2.37. The van der Waals surface area contributed by atoms with E-state index < -0.39 is 26.7 Å². The molecule has 0 saturated heterocycles. The molecule has 0 rings (SSSR count). The maximum Gasteiger partial charge on any atom is 0.323 e. The van der Waals surface area contributed by atoms with E-state index in [0.29, 0.717) is 12.8 Å². The molecule has 6 nitrogen and oxygen atoms in total. The van der Waals surface area contributed by atoms with E-state index in [-0.39, 0.29) is 11.0 Å². The van der Waals surface area contributed by atoms with E-state index in [1.807, 2.05) is 0 Å². The van der Waals surface area contributed by atoms with Gasteiger partial charge in [0.15, 0.2) is 11.0 Å². The van der Waals surface area contributed by atoms with Crippen molar-refractivity contribution in [3.05, 3.63) is 0 Å². The Hall–Kier alpha value is -0.840. The van der Waals surface area contributed by atoms with E-state index in [9.17, 15) is 19.5 Å². The fourth-order valence-corrected chi connectivity index (χ4v) is 4.43. The molecule has 3 N–H and O–H groups in total. The largest absolute Gasteiger partial charge is 0.480 e. The van der Waals surface area contributed by atoms with Crippen molar-refractivity contribution in [3.63, 3.8) is 0 Å². The molecule has 0 aliphatic rings. The smallest absolute Gasteiger partial charge is 0.323 e. The summed E-state index contributed by atoms with van der Waals surface area (Å²) in [5.41, 5.74) is -0.399. The van der Waals surface area contributed by atoms with Gasteiger partial charge >= 0.3 is 5.97 Å². The van der Waals surface area contributed by atoms with Crippen molar-refractivity contribution in [3.8, 4) is 0 Å². The number of carboxylic acid groups (broad SMARTS) is 1. The van der Waals surface area contributed by atoms with Gasteiger partial charge in [0.25, 0.3) is 0 Å². The zero-order valence-electron chi connectivity index (χ0n) is 16.3. The first-order valence-corrected chi connectivity index (χ1v) is 11.3. The maximum absolute atomic E-state index is 12.5. The number of hydrogen-bond acceptors (Lipinski definition) is 5. The highest BCUT2D eigenvalue weighted by molar-refractivity contribution is 7.87. The van der Waals surface area contributed by atoms with E-state index >= 15 is 0 Å². The van der Waals surface area contributed by atoms with Gasteiger partial charge in [0.2, 0.25) is 0 Å². The lowest BCUT2D eigenvalue weighted by Crippen LogP contribution is -2.39. The molecule has 0 aromatic carbocycles. The molecule has 0 heterocycles. The molecule has 0 saturated carbocycles. The van der Waals surface area contributed by atoms with Gasteiger partial charge < -0.3 is 10.2 Å². The first-order valence-electron chi connectivity index (χ1n) is 9.93. The van der Waals surface area contributed by atoms with Crippen molar-refractivity contribution in [1.82, 2.24) is 5.09 Å². The molecule has 1 atom stereocenters. The number of aliphatic carboxylic acids is 1. The van der Waals surface area contributed by atoms with Crippen molar-refractivity contribution >= 4 is 25.1 Å². The lowest BCUT2D eigenvalue weighted by atomic mass is 10.1. The highest BCUT2D eigenvalue weighted by Gasteiger charge is 2.30. The van der Waals surface area contributed by atoms with Crippen molar-refractivity contribution in [2.75, 3.05) is 6.61 Å². The van der Waals surface area contributed by atoms with Crippen molar-refractivity contribution in [1.29, 1.82) is 0 Å². The average molecular weight is 389 g/mol. The predicted octanol–water partition coefficient (Wildman–Crippen LogP) is 4.19. The first kappa shape index (κ1) is 25.2. The monoisotopic (exact) mass is 389 g/mol. The highest BCUT2D eigenvalue weighted by atomic mass is 31.1. The third-order valence-corrected chi connectivity index (χ3v) is 6.27. The van der Waals surface area contributed by atoms with Gasteiger partial charge in [-0.3, -0.25) is 19.5 Å². The first-order chi connectivity index (χ1) is 12.5. The second-order valence-corrected chi connectivity index (χ2v) is 8.58. The number of carbonyl (C=O) groups excluding carboxylic acids is 2. The Balaban J connectivity index is 4.63. The number of carbonyl (C=O) groups is 3. The van der Waals surface area contributed by atoms with Crippen LogP contribution in [0.4, 0.5) is 0 Å². The van der Waals surface area contributed by atoms with Crippen LogP contribution in [-0.4, -0.2) is 39.9 Å². The van der Waals surface area contributed by atoms with Crippen LogP contribution in [0.1, 0.15) is 90.9 Å². The molecule has 152 valence electrons. The predicted molar refractivity (Wildman–Crippen MR) is 105 cm³/mol. The van der Waals surface area contributed by atoms with Crippen LogP contribution in [0, 0.1) is 0 Å². The van der Waals surface area contributed by atoms with Crippen molar-refractivity contribution in [2.24, 2.45) is 0 Å². The lowest BCUT2D eigenvalue weighted by Gasteiger charge is -2.20. The third kappa shape index (κ3) is 11.7. The zero-order chi connectivity index (χ0) is 19.8. The van der Waals surface area contributed by atoms with Gasteiger partial charge in [-0.15, -0.1) is 0 Å². The number of unbranched alkanes of at least 4 members (excludes halogenated alkanes) is 8. The fourth-order valence-electron chi connectivity index (χ4n) is 2.60. The normalized spacial score (nSPS) is 12.3. The molecule has 0 fully saturated rings. The second-order valence-electron chi connectivity index (χ2n) is 6.65. The minimum Gasteiger partial charge on any atom is -0.480 e. The fraction of sp³-hybridized carbons (Fsp3) is 0.842. The summed E-state index contributed by atoms with van der Waals surface area (Å²) in [6.45, 7) is 3.60. The molecule has 0 aliphatic heterocycles. The van der Waals surface area contributed by atoms with Crippen LogP contribution in [0.25, 0.3) is 0 Å². The minimum atomic E-state index is -1.88. The summed E-state index contributed by atoms with van der Waals surface area (Å²) in [6.07, 6.45) is 10.5. The van der Waals surface area contributed by atoms with E-state index in [0.717, 1.165) is 64.2 Å². The van der Waals surface area contributed by atoms with Gasteiger partial charge in [-0.05, 0) is 12.8 Å². The number of nitrogens with one attached hydrogen (secondary N) is 1. The van der Waals surface area contributed by atoms with Gasteiger partial charge in [0, 0.05) is 12.8 Å². The van der Waals surface area contributed by atoms with Crippen molar-refractivity contribution < 1.29 is 24.6 Å². The number of hydrogen-bond donors (Lipinski definition) is 3. The molecular weight excluding hydrogens is 353 g/mol. The van der Waals surface area contributed by atoms with Crippen LogP contribution in [0.15, 0.2) is 0 Å². The van der Waals surface area contributed by atoms with Gasteiger partial charge in [-0.1, -0.05) is 65.2 Å². The van der Waals surface area contributed by atoms with E-state index in [2.05, 4.69) is 18.9 Å². The molecule has 0 aliphatic carbocycles. The topological polar surface area (TPSA) is 104 Å². The molecule has 0 bridgehead atoms. The Labute approximate surface area is 158 Å². The van der Waals surface area contributed by atoms with Crippen LogP contribution >= 0.6 is 8.07 Å². The lowest BCUT2D eigenvalue weighted by molar-refractivity contribution is -0.139. The molecule has 1 unspecified atom stereocenters. The summed E-state index contributed by atoms with van der Waals surface area (Å²) in [5.74, 6) is -1.24. The van der Waals surface area contributed by atoms with Gasteiger partial charge in [0.05, 0.1) is 6.61 Å². The third-order valence-electron chi connectivity index (χ3n) is 4.25. The van der Waals surface area contributed by atoms with Gasteiger partial charge in [-0.2, -0.15) is 0 Å². The van der Waals surface area contributed by atoms with Crippen LogP contribution in [0.3, 0.4) is 0 Å². The van der Waals surface area contributed by atoms with Crippen LogP contribution in [-0.2, 0) is 14.4 Å². The number of carboxylic acids is 1. The molecule has 0 amide bonds. The second kappa shape index (κ2) is 16.3. The Morgan fingerprint density at radius 3 is 1.58 bits per heavy atom. The Morgan fingerprint density at radius 1 is 0.808 bits per heavy atom. The average Bonchev–Trinajstić information content (AvgIpc) is 2.61. The summed E-state index contributed by atoms with van der Waals surface area (Å²) < 4.78 is 0. The molecule has 26 heavy (non-hydrogen) atoms. The molecule has 0 radical (unpaired) electrons.